The molecule has 1 aromatic rings. The zero-order valence-corrected chi connectivity index (χ0v) is 10.3. The largest absolute Gasteiger partial charge is 0.481 e. The number of aliphatic carboxylic acids is 1. The summed E-state index contributed by atoms with van der Waals surface area (Å²) in [4.78, 5) is 13.0. The summed E-state index contributed by atoms with van der Waals surface area (Å²) in [5.74, 6) is -0.761. The summed E-state index contributed by atoms with van der Waals surface area (Å²) in [7, 11) is 3.95. The minimum atomic E-state index is -0.761. The minimum absolute atomic E-state index is 0.546. The van der Waals surface area contributed by atoms with E-state index in [1.165, 1.54) is 0 Å². The van der Waals surface area contributed by atoms with Crippen molar-refractivity contribution in [1.29, 1.82) is 0 Å². The highest BCUT2D eigenvalue weighted by Gasteiger charge is 2.27. The molecule has 0 unspecified atom stereocenters. The van der Waals surface area contributed by atoms with Crippen LogP contribution in [0.25, 0.3) is 0 Å². The Hall–Kier alpha value is -1.51. The lowest BCUT2D eigenvalue weighted by Gasteiger charge is -2.20. The molecule has 0 heterocycles. The molecule has 0 saturated carbocycles. The van der Waals surface area contributed by atoms with Crippen molar-refractivity contribution in [3.63, 3.8) is 0 Å². The SMILES string of the molecule is CN(C)c1cccc(CC(C)(C)C(=O)O)c1. The van der Waals surface area contributed by atoms with E-state index in [9.17, 15) is 4.79 Å². The molecule has 88 valence electrons. The number of anilines is 1. The molecule has 3 heteroatoms. The maximum atomic E-state index is 11.0. The molecule has 0 amide bonds. The van der Waals surface area contributed by atoms with Gasteiger partial charge < -0.3 is 10.0 Å². The van der Waals surface area contributed by atoms with Crippen LogP contribution in [0.3, 0.4) is 0 Å². The molecule has 0 spiro atoms. The summed E-state index contributed by atoms with van der Waals surface area (Å²) >= 11 is 0. The highest BCUT2D eigenvalue weighted by atomic mass is 16.4. The smallest absolute Gasteiger partial charge is 0.309 e. The third-order valence-corrected chi connectivity index (χ3v) is 2.65. The molecule has 0 aliphatic carbocycles. The van der Waals surface area contributed by atoms with Crippen molar-refractivity contribution in [3.8, 4) is 0 Å². The molecule has 16 heavy (non-hydrogen) atoms. The summed E-state index contributed by atoms with van der Waals surface area (Å²) in [5, 5.41) is 9.07. The molecule has 0 bridgehead atoms. The fraction of sp³-hybridized carbons (Fsp3) is 0.462. The number of carboxylic acids is 1. The molecule has 0 fully saturated rings. The van der Waals surface area contributed by atoms with Gasteiger partial charge >= 0.3 is 5.97 Å². The predicted molar refractivity (Wildman–Crippen MR) is 65.9 cm³/mol. The Bertz CT molecular complexity index is 383. The van der Waals surface area contributed by atoms with Gasteiger partial charge in [0.05, 0.1) is 5.41 Å². The van der Waals surface area contributed by atoms with Crippen molar-refractivity contribution < 1.29 is 9.90 Å². The molecule has 0 saturated heterocycles. The van der Waals surface area contributed by atoms with Gasteiger partial charge in [0.2, 0.25) is 0 Å². The Balaban J connectivity index is 2.90. The Morgan fingerprint density at radius 3 is 2.50 bits per heavy atom. The van der Waals surface area contributed by atoms with Gasteiger partial charge in [-0.2, -0.15) is 0 Å². The number of nitrogens with zero attached hydrogens (tertiary/aromatic N) is 1. The van der Waals surface area contributed by atoms with E-state index in [1.54, 1.807) is 13.8 Å². The molecule has 0 atom stereocenters. The molecule has 1 rings (SSSR count). The Morgan fingerprint density at radius 2 is 2.00 bits per heavy atom. The van der Waals surface area contributed by atoms with Gasteiger partial charge in [-0.1, -0.05) is 12.1 Å². The third-order valence-electron chi connectivity index (χ3n) is 2.65. The molecule has 0 aromatic heterocycles. The number of hydrogen-bond donors (Lipinski definition) is 1. The summed E-state index contributed by atoms with van der Waals surface area (Å²) in [6.07, 6.45) is 0.546. The monoisotopic (exact) mass is 221 g/mol. The zero-order chi connectivity index (χ0) is 12.3. The summed E-state index contributed by atoms with van der Waals surface area (Å²) in [5.41, 5.74) is 1.43. The lowest BCUT2D eigenvalue weighted by atomic mass is 9.86. The van der Waals surface area contributed by atoms with E-state index >= 15 is 0 Å². The molecule has 0 aliphatic rings. The van der Waals surface area contributed by atoms with Gasteiger partial charge in [-0.05, 0) is 38.0 Å². The van der Waals surface area contributed by atoms with Gasteiger partial charge in [-0.3, -0.25) is 4.79 Å². The minimum Gasteiger partial charge on any atom is -0.481 e. The van der Waals surface area contributed by atoms with E-state index < -0.39 is 11.4 Å². The number of carbonyl (C=O) groups is 1. The van der Waals surface area contributed by atoms with E-state index in [0.717, 1.165) is 11.3 Å². The highest BCUT2D eigenvalue weighted by molar-refractivity contribution is 5.74. The second-order valence-electron chi connectivity index (χ2n) is 4.93. The predicted octanol–water partition coefficient (Wildman–Crippen LogP) is 2.41. The van der Waals surface area contributed by atoms with Gasteiger partial charge in [0, 0.05) is 19.8 Å². The van der Waals surface area contributed by atoms with Crippen molar-refractivity contribution in [2.75, 3.05) is 19.0 Å². The lowest BCUT2D eigenvalue weighted by Crippen LogP contribution is -2.26. The van der Waals surface area contributed by atoms with Crippen molar-refractivity contribution in [1.82, 2.24) is 0 Å². The molecular formula is C13H19NO2. The molecular weight excluding hydrogens is 202 g/mol. The van der Waals surface area contributed by atoms with Crippen LogP contribution in [-0.4, -0.2) is 25.2 Å². The Kier molecular flexibility index (Phi) is 3.58. The van der Waals surface area contributed by atoms with Crippen LogP contribution in [0.4, 0.5) is 5.69 Å². The van der Waals surface area contributed by atoms with Crippen molar-refractivity contribution >= 4 is 11.7 Å². The van der Waals surface area contributed by atoms with Crippen LogP contribution >= 0.6 is 0 Å². The first-order chi connectivity index (χ1) is 7.33. The van der Waals surface area contributed by atoms with Crippen LogP contribution in [-0.2, 0) is 11.2 Å². The van der Waals surface area contributed by atoms with Crippen LogP contribution < -0.4 is 4.90 Å². The van der Waals surface area contributed by atoms with Crippen LogP contribution in [0.15, 0.2) is 24.3 Å². The van der Waals surface area contributed by atoms with Gasteiger partial charge in [0.25, 0.3) is 0 Å². The topological polar surface area (TPSA) is 40.5 Å². The molecule has 1 aromatic carbocycles. The Labute approximate surface area is 96.7 Å². The summed E-state index contributed by atoms with van der Waals surface area (Å²) in [6, 6.07) is 7.97. The lowest BCUT2D eigenvalue weighted by molar-refractivity contribution is -0.146. The molecule has 3 nitrogen and oxygen atoms in total. The van der Waals surface area contributed by atoms with E-state index in [4.69, 9.17) is 5.11 Å². The average Bonchev–Trinajstić information content (AvgIpc) is 2.17. The summed E-state index contributed by atoms with van der Waals surface area (Å²) in [6.45, 7) is 3.50. The number of benzene rings is 1. The fourth-order valence-corrected chi connectivity index (χ4v) is 1.53. The van der Waals surface area contributed by atoms with Gasteiger partial charge in [-0.25, -0.2) is 0 Å². The molecule has 0 radical (unpaired) electrons. The number of rotatable bonds is 4. The second kappa shape index (κ2) is 4.56. The third kappa shape index (κ3) is 2.99. The van der Waals surface area contributed by atoms with Gasteiger partial charge in [0.15, 0.2) is 0 Å². The summed E-state index contributed by atoms with van der Waals surface area (Å²) < 4.78 is 0. The second-order valence-corrected chi connectivity index (χ2v) is 4.93. The van der Waals surface area contributed by atoms with Crippen LogP contribution in [0.5, 0.6) is 0 Å². The molecule has 1 N–H and O–H groups in total. The fourth-order valence-electron chi connectivity index (χ4n) is 1.53. The van der Waals surface area contributed by atoms with Crippen molar-refractivity contribution in [3.05, 3.63) is 29.8 Å². The van der Waals surface area contributed by atoms with E-state index in [-0.39, 0.29) is 0 Å². The zero-order valence-electron chi connectivity index (χ0n) is 10.3. The standard InChI is InChI=1S/C13H19NO2/c1-13(2,12(15)16)9-10-6-5-7-11(8-10)14(3)4/h5-8H,9H2,1-4H3,(H,15,16). The number of carboxylic acid groups (broad SMARTS) is 1. The van der Waals surface area contributed by atoms with E-state index in [2.05, 4.69) is 0 Å². The van der Waals surface area contributed by atoms with Gasteiger partial charge in [-0.15, -0.1) is 0 Å². The van der Waals surface area contributed by atoms with E-state index in [1.807, 2.05) is 43.3 Å². The normalized spacial score (nSPS) is 11.2. The quantitative estimate of drug-likeness (QED) is 0.848. The first kappa shape index (κ1) is 12.6. The first-order valence-corrected chi connectivity index (χ1v) is 5.32. The number of hydrogen-bond acceptors (Lipinski definition) is 2. The van der Waals surface area contributed by atoms with Gasteiger partial charge in [0.1, 0.15) is 0 Å². The van der Waals surface area contributed by atoms with Crippen LogP contribution in [0.2, 0.25) is 0 Å². The van der Waals surface area contributed by atoms with Crippen molar-refractivity contribution in [2.45, 2.75) is 20.3 Å². The molecule has 0 aliphatic heterocycles. The highest BCUT2D eigenvalue weighted by Crippen LogP contribution is 2.24. The maximum absolute atomic E-state index is 11.0. The van der Waals surface area contributed by atoms with E-state index in [0.29, 0.717) is 6.42 Å². The maximum Gasteiger partial charge on any atom is 0.309 e. The van der Waals surface area contributed by atoms with Crippen molar-refractivity contribution in [2.24, 2.45) is 5.41 Å². The Morgan fingerprint density at radius 1 is 1.38 bits per heavy atom. The van der Waals surface area contributed by atoms with Crippen LogP contribution in [0, 0.1) is 5.41 Å². The van der Waals surface area contributed by atoms with Crippen LogP contribution in [0.1, 0.15) is 19.4 Å². The first-order valence-electron chi connectivity index (χ1n) is 5.32. The average molecular weight is 221 g/mol.